The molecule has 1 atom stereocenters. The minimum Gasteiger partial charge on any atom is -0.359 e. The molecule has 0 spiro atoms. The number of anilines is 2. The second kappa shape index (κ2) is 6.86. The quantitative estimate of drug-likeness (QED) is 0.874. The molecule has 1 heterocycles. The number of aryl methyl sites for hydroxylation is 3. The van der Waals surface area contributed by atoms with Crippen molar-refractivity contribution in [1.29, 1.82) is 0 Å². The number of hydrogen-bond acceptors (Lipinski definition) is 2. The molecule has 0 aromatic heterocycles. The average molecular weight is 343 g/mol. The van der Waals surface area contributed by atoms with E-state index >= 15 is 0 Å². The number of para-hydroxylation sites is 1. The summed E-state index contributed by atoms with van der Waals surface area (Å²) in [7, 11) is 0. The van der Waals surface area contributed by atoms with Crippen LogP contribution in [0.3, 0.4) is 0 Å². The molecule has 0 saturated carbocycles. The Morgan fingerprint density at radius 2 is 2.04 bits per heavy atom. The van der Waals surface area contributed by atoms with Crippen LogP contribution in [0.5, 0.6) is 0 Å². The molecule has 24 heavy (non-hydrogen) atoms. The van der Waals surface area contributed by atoms with E-state index in [0.717, 1.165) is 29.7 Å². The van der Waals surface area contributed by atoms with Gasteiger partial charge >= 0.3 is 0 Å². The normalized spacial score (nSPS) is 16.7. The van der Waals surface area contributed by atoms with E-state index in [9.17, 15) is 4.79 Å². The second-order valence-electron chi connectivity index (χ2n) is 6.63. The van der Waals surface area contributed by atoms with E-state index in [4.69, 9.17) is 11.6 Å². The van der Waals surface area contributed by atoms with Gasteiger partial charge in [0, 0.05) is 11.7 Å². The molecule has 1 aliphatic rings. The molecule has 4 heteroatoms. The largest absolute Gasteiger partial charge is 0.359 e. The fourth-order valence-corrected chi connectivity index (χ4v) is 3.78. The van der Waals surface area contributed by atoms with Crippen molar-refractivity contribution in [2.75, 3.05) is 16.8 Å². The first-order chi connectivity index (χ1) is 11.5. The number of benzene rings is 2. The highest BCUT2D eigenvalue weighted by molar-refractivity contribution is 6.34. The first-order valence-corrected chi connectivity index (χ1v) is 8.74. The maximum atomic E-state index is 12.6. The monoisotopic (exact) mass is 342 g/mol. The zero-order chi connectivity index (χ0) is 17.3. The van der Waals surface area contributed by atoms with Crippen LogP contribution in [0.4, 0.5) is 11.4 Å². The van der Waals surface area contributed by atoms with Gasteiger partial charge < -0.3 is 10.2 Å². The first-order valence-electron chi connectivity index (χ1n) is 8.37. The van der Waals surface area contributed by atoms with E-state index in [2.05, 4.69) is 35.3 Å². The molecule has 2 aromatic rings. The second-order valence-corrected chi connectivity index (χ2v) is 7.04. The Morgan fingerprint density at radius 3 is 2.79 bits per heavy atom. The lowest BCUT2D eigenvalue weighted by atomic mass is 9.96. The number of amides is 1. The Morgan fingerprint density at radius 1 is 1.29 bits per heavy atom. The van der Waals surface area contributed by atoms with Gasteiger partial charge in [0.1, 0.15) is 0 Å². The van der Waals surface area contributed by atoms with Gasteiger partial charge in [0.25, 0.3) is 0 Å². The van der Waals surface area contributed by atoms with Gasteiger partial charge in [0.05, 0.1) is 17.3 Å². The molecule has 0 fully saturated rings. The van der Waals surface area contributed by atoms with E-state index in [1.165, 1.54) is 5.56 Å². The predicted octanol–water partition coefficient (Wildman–Crippen LogP) is 4.74. The Balaban J connectivity index is 1.78. The Labute approximate surface area is 148 Å². The average Bonchev–Trinajstić information content (AvgIpc) is 2.53. The summed E-state index contributed by atoms with van der Waals surface area (Å²) in [4.78, 5) is 14.8. The molecule has 2 aromatic carbocycles. The van der Waals surface area contributed by atoms with Crippen molar-refractivity contribution in [2.45, 2.75) is 39.7 Å². The lowest BCUT2D eigenvalue weighted by molar-refractivity contribution is -0.115. The maximum Gasteiger partial charge on any atom is 0.243 e. The van der Waals surface area contributed by atoms with Crippen LogP contribution >= 0.6 is 11.6 Å². The Hall–Kier alpha value is -2.00. The summed E-state index contributed by atoms with van der Waals surface area (Å²) in [6, 6.07) is 12.6. The summed E-state index contributed by atoms with van der Waals surface area (Å²) >= 11 is 6.30. The van der Waals surface area contributed by atoms with E-state index in [0.29, 0.717) is 23.3 Å². The van der Waals surface area contributed by atoms with E-state index in [1.54, 1.807) is 0 Å². The molecular weight excluding hydrogens is 320 g/mol. The summed E-state index contributed by atoms with van der Waals surface area (Å²) in [6.45, 7) is 6.47. The minimum atomic E-state index is -0.0348. The van der Waals surface area contributed by atoms with Crippen molar-refractivity contribution < 1.29 is 4.79 Å². The van der Waals surface area contributed by atoms with E-state index < -0.39 is 0 Å². The van der Waals surface area contributed by atoms with Crippen LogP contribution in [0.2, 0.25) is 5.02 Å². The van der Waals surface area contributed by atoms with Crippen LogP contribution in [0.1, 0.15) is 30.0 Å². The van der Waals surface area contributed by atoms with Gasteiger partial charge in [-0.25, -0.2) is 0 Å². The lowest BCUT2D eigenvalue weighted by Gasteiger charge is -2.36. The Bertz CT molecular complexity index is 749. The molecule has 0 radical (unpaired) electrons. The third-order valence-electron chi connectivity index (χ3n) is 4.67. The molecule has 3 nitrogen and oxygen atoms in total. The molecule has 1 amide bonds. The van der Waals surface area contributed by atoms with Gasteiger partial charge in [0.15, 0.2) is 0 Å². The number of carbonyl (C=O) groups excluding carboxylic acids is 1. The van der Waals surface area contributed by atoms with Crippen LogP contribution in [0.25, 0.3) is 0 Å². The minimum absolute atomic E-state index is 0.0348. The standard InChI is InChI=1S/C20H23ClN2O/c1-13-10-14(2)20(17(21)11-13)22-19(24)12-23-15(3)8-9-16-6-4-5-7-18(16)23/h4-7,10-11,15H,8-9,12H2,1-3H3,(H,22,24)/t15-/m0/s1. The van der Waals surface area contributed by atoms with Crippen molar-refractivity contribution in [3.63, 3.8) is 0 Å². The van der Waals surface area contributed by atoms with Crippen LogP contribution in [-0.4, -0.2) is 18.5 Å². The Kier molecular flexibility index (Phi) is 4.81. The molecule has 0 saturated heterocycles. The molecule has 1 aliphatic heterocycles. The number of nitrogens with zero attached hydrogens (tertiary/aromatic N) is 1. The van der Waals surface area contributed by atoms with Gasteiger partial charge in [-0.2, -0.15) is 0 Å². The van der Waals surface area contributed by atoms with Gasteiger partial charge in [-0.3, -0.25) is 4.79 Å². The van der Waals surface area contributed by atoms with E-state index in [1.807, 2.05) is 32.0 Å². The fraction of sp³-hybridized carbons (Fsp3) is 0.350. The van der Waals surface area contributed by atoms with Crippen molar-refractivity contribution in [1.82, 2.24) is 0 Å². The van der Waals surface area contributed by atoms with Crippen LogP contribution in [-0.2, 0) is 11.2 Å². The van der Waals surface area contributed by atoms with Crippen LogP contribution < -0.4 is 10.2 Å². The van der Waals surface area contributed by atoms with Crippen molar-refractivity contribution >= 4 is 28.9 Å². The highest BCUT2D eigenvalue weighted by Crippen LogP contribution is 2.31. The number of nitrogens with one attached hydrogen (secondary N) is 1. The molecule has 0 bridgehead atoms. The SMILES string of the molecule is Cc1cc(C)c(NC(=O)CN2c3ccccc3CC[C@@H]2C)c(Cl)c1. The van der Waals surface area contributed by atoms with Crippen molar-refractivity contribution in [2.24, 2.45) is 0 Å². The molecule has 0 aliphatic carbocycles. The summed E-state index contributed by atoms with van der Waals surface area (Å²) in [5.41, 5.74) is 5.27. The van der Waals surface area contributed by atoms with Gasteiger partial charge in [-0.1, -0.05) is 35.9 Å². The smallest absolute Gasteiger partial charge is 0.243 e. The van der Waals surface area contributed by atoms with Gasteiger partial charge in [-0.15, -0.1) is 0 Å². The summed E-state index contributed by atoms with van der Waals surface area (Å²) in [6.07, 6.45) is 2.13. The number of rotatable bonds is 3. The molecule has 3 rings (SSSR count). The summed E-state index contributed by atoms with van der Waals surface area (Å²) in [5.74, 6) is -0.0348. The highest BCUT2D eigenvalue weighted by Gasteiger charge is 2.24. The van der Waals surface area contributed by atoms with Crippen molar-refractivity contribution in [3.8, 4) is 0 Å². The third-order valence-corrected chi connectivity index (χ3v) is 4.97. The zero-order valence-electron chi connectivity index (χ0n) is 14.4. The first kappa shape index (κ1) is 16.8. The van der Waals surface area contributed by atoms with Crippen LogP contribution in [0, 0.1) is 13.8 Å². The van der Waals surface area contributed by atoms with Gasteiger partial charge in [-0.05, 0) is 62.4 Å². The molecular formula is C20H23ClN2O. The number of fused-ring (bicyclic) bond motifs is 1. The molecule has 1 N–H and O–H groups in total. The zero-order valence-corrected chi connectivity index (χ0v) is 15.2. The fourth-order valence-electron chi connectivity index (χ4n) is 3.41. The lowest BCUT2D eigenvalue weighted by Crippen LogP contribution is -2.42. The molecule has 126 valence electrons. The highest BCUT2D eigenvalue weighted by atomic mass is 35.5. The number of hydrogen-bond donors (Lipinski definition) is 1. The number of halogens is 1. The topological polar surface area (TPSA) is 32.3 Å². The van der Waals surface area contributed by atoms with Gasteiger partial charge in [0.2, 0.25) is 5.91 Å². The summed E-state index contributed by atoms with van der Waals surface area (Å²) < 4.78 is 0. The number of carbonyl (C=O) groups is 1. The van der Waals surface area contributed by atoms with Crippen molar-refractivity contribution in [3.05, 3.63) is 58.1 Å². The predicted molar refractivity (Wildman–Crippen MR) is 101 cm³/mol. The van der Waals surface area contributed by atoms with Crippen LogP contribution in [0.15, 0.2) is 36.4 Å². The maximum absolute atomic E-state index is 12.6. The molecule has 0 unspecified atom stereocenters. The summed E-state index contributed by atoms with van der Waals surface area (Å²) in [5, 5.41) is 3.58. The van der Waals surface area contributed by atoms with E-state index in [-0.39, 0.29) is 5.91 Å². The third kappa shape index (κ3) is 3.41.